The third-order valence-electron chi connectivity index (χ3n) is 5.52. The van der Waals surface area contributed by atoms with E-state index in [0.29, 0.717) is 32.7 Å². The van der Waals surface area contributed by atoms with E-state index in [-0.39, 0.29) is 24.8 Å². The van der Waals surface area contributed by atoms with Gasteiger partial charge in [0, 0.05) is 31.9 Å². The summed E-state index contributed by atoms with van der Waals surface area (Å²) in [6, 6.07) is 21.1. The molecule has 0 saturated carbocycles. The molecule has 0 N–H and O–H groups in total. The van der Waals surface area contributed by atoms with Gasteiger partial charge in [-0.15, -0.1) is 0 Å². The van der Waals surface area contributed by atoms with E-state index in [0.717, 1.165) is 21.9 Å². The number of halogens is 2. The predicted molar refractivity (Wildman–Crippen MR) is 136 cm³/mol. The second-order valence-electron chi connectivity index (χ2n) is 7.96. The van der Waals surface area contributed by atoms with Gasteiger partial charge >= 0.3 is 0 Å². The smallest absolute Gasteiger partial charge is 0.200 e. The maximum absolute atomic E-state index is 12.6. The molecule has 0 aliphatic carbocycles. The molecule has 0 heterocycles. The molecule has 0 saturated heterocycles. The Hall–Kier alpha value is -3.34. The lowest BCUT2D eigenvalue weighted by Crippen LogP contribution is -2.13. The fourth-order valence-corrected chi connectivity index (χ4v) is 3.92. The highest BCUT2D eigenvalue weighted by Crippen LogP contribution is 2.37. The third kappa shape index (κ3) is 5.24. The fourth-order valence-electron chi connectivity index (χ4n) is 3.67. The van der Waals surface area contributed by atoms with Crippen molar-refractivity contribution in [2.24, 2.45) is 0 Å². The molecule has 0 amide bonds. The monoisotopic (exact) mass is 492 g/mol. The molecule has 4 aromatic rings. The Morgan fingerprint density at radius 3 is 1.29 bits per heavy atom. The summed E-state index contributed by atoms with van der Waals surface area (Å²) in [5.74, 6) is 0.915. The van der Waals surface area contributed by atoms with E-state index >= 15 is 0 Å². The molecule has 0 unspecified atom stereocenters. The molecule has 0 bridgehead atoms. The van der Waals surface area contributed by atoms with Crippen LogP contribution in [-0.4, -0.2) is 24.8 Å². The molecule has 0 atom stereocenters. The van der Waals surface area contributed by atoms with Gasteiger partial charge in [0.15, 0.2) is 24.8 Å². The van der Waals surface area contributed by atoms with Crippen LogP contribution < -0.4 is 9.47 Å². The zero-order valence-corrected chi connectivity index (χ0v) is 20.2. The lowest BCUT2D eigenvalue weighted by Gasteiger charge is -2.16. The number of carbonyl (C=O) groups is 2. The van der Waals surface area contributed by atoms with Crippen LogP contribution in [-0.2, 0) is 0 Å². The van der Waals surface area contributed by atoms with Crippen LogP contribution in [0, 0.1) is 13.8 Å². The van der Waals surface area contributed by atoms with Gasteiger partial charge in [-0.05, 0) is 73.5 Å². The molecule has 34 heavy (non-hydrogen) atoms. The first kappa shape index (κ1) is 23.8. The first-order valence-corrected chi connectivity index (χ1v) is 11.4. The molecule has 0 radical (unpaired) electrons. The number of rotatable bonds is 8. The average Bonchev–Trinajstić information content (AvgIpc) is 2.83. The number of Topliss-reactive ketones (excluding diaryl/α,β-unsaturated/α-hetero) is 2. The molecule has 0 fully saturated rings. The van der Waals surface area contributed by atoms with Crippen molar-refractivity contribution in [3.05, 3.63) is 105 Å². The van der Waals surface area contributed by atoms with Gasteiger partial charge in [-0.2, -0.15) is 0 Å². The van der Waals surface area contributed by atoms with E-state index in [4.69, 9.17) is 32.7 Å². The first-order chi connectivity index (χ1) is 16.3. The van der Waals surface area contributed by atoms with Crippen molar-refractivity contribution in [1.29, 1.82) is 0 Å². The summed E-state index contributed by atoms with van der Waals surface area (Å²) in [5, 5.41) is 2.76. The van der Waals surface area contributed by atoms with Crippen LogP contribution >= 0.6 is 23.2 Å². The number of carbonyl (C=O) groups excluding carboxylic acids is 2. The molecule has 0 aliphatic heterocycles. The topological polar surface area (TPSA) is 52.6 Å². The van der Waals surface area contributed by atoms with Crippen molar-refractivity contribution in [2.75, 3.05) is 13.2 Å². The van der Waals surface area contributed by atoms with Crippen molar-refractivity contribution >= 4 is 45.5 Å². The van der Waals surface area contributed by atoms with E-state index in [9.17, 15) is 9.59 Å². The fraction of sp³-hybridized carbons (Fsp3) is 0.143. The molecule has 4 rings (SSSR count). The van der Waals surface area contributed by atoms with Gasteiger partial charge in [0.1, 0.15) is 11.5 Å². The minimum atomic E-state index is -0.148. The SMILES string of the molecule is Cc1ccc2c(OCC(=O)c3ccc(Cl)cc3)c(C)ccc2c1OCC(=O)c1ccc(Cl)cc1. The van der Waals surface area contributed by atoms with Gasteiger partial charge in [0.05, 0.1) is 0 Å². The van der Waals surface area contributed by atoms with E-state index in [1.165, 1.54) is 0 Å². The number of benzene rings is 4. The third-order valence-corrected chi connectivity index (χ3v) is 6.03. The van der Waals surface area contributed by atoms with Gasteiger partial charge in [-0.25, -0.2) is 0 Å². The summed E-state index contributed by atoms with van der Waals surface area (Å²) in [4.78, 5) is 25.2. The summed E-state index contributed by atoms with van der Waals surface area (Å²) in [5.41, 5.74) is 2.85. The Labute approximate surface area is 208 Å². The summed E-state index contributed by atoms with van der Waals surface area (Å²) in [7, 11) is 0. The Bertz CT molecular complexity index is 1250. The highest BCUT2D eigenvalue weighted by Gasteiger charge is 2.16. The van der Waals surface area contributed by atoms with Crippen molar-refractivity contribution in [1.82, 2.24) is 0 Å². The van der Waals surface area contributed by atoms with Crippen LogP contribution in [0.4, 0.5) is 0 Å². The molecule has 172 valence electrons. The maximum atomic E-state index is 12.6. The largest absolute Gasteiger partial charge is 0.485 e. The van der Waals surface area contributed by atoms with Crippen LogP contribution in [0.15, 0.2) is 72.8 Å². The molecule has 6 heteroatoms. The van der Waals surface area contributed by atoms with Crippen molar-refractivity contribution < 1.29 is 19.1 Å². The number of fused-ring (bicyclic) bond motifs is 1. The number of ketones is 2. The Balaban J connectivity index is 1.57. The van der Waals surface area contributed by atoms with Crippen LogP contribution in [0.1, 0.15) is 31.8 Å². The van der Waals surface area contributed by atoms with Crippen molar-refractivity contribution in [2.45, 2.75) is 13.8 Å². The van der Waals surface area contributed by atoms with Crippen molar-refractivity contribution in [3.8, 4) is 11.5 Å². The van der Waals surface area contributed by atoms with E-state index in [2.05, 4.69) is 0 Å². The van der Waals surface area contributed by atoms with E-state index in [1.54, 1.807) is 48.5 Å². The van der Waals surface area contributed by atoms with Gasteiger partial charge in [0.25, 0.3) is 0 Å². The number of hydrogen-bond donors (Lipinski definition) is 0. The summed E-state index contributed by atoms with van der Waals surface area (Å²) >= 11 is 11.8. The zero-order chi connectivity index (χ0) is 24.2. The molecular formula is C28H22Cl2O4. The maximum Gasteiger partial charge on any atom is 0.200 e. The molecule has 0 aliphatic rings. The summed E-state index contributed by atoms with van der Waals surface area (Å²) in [6.07, 6.45) is 0. The second kappa shape index (κ2) is 10.3. The quantitative estimate of drug-likeness (QED) is 0.242. The van der Waals surface area contributed by atoms with Gasteiger partial charge in [-0.1, -0.05) is 47.5 Å². The lowest BCUT2D eigenvalue weighted by atomic mass is 10.0. The molecule has 0 spiro atoms. The van der Waals surface area contributed by atoms with Gasteiger partial charge in [-0.3, -0.25) is 9.59 Å². The highest BCUT2D eigenvalue weighted by atomic mass is 35.5. The zero-order valence-electron chi connectivity index (χ0n) is 18.7. The summed E-state index contributed by atoms with van der Waals surface area (Å²) < 4.78 is 12.0. The van der Waals surface area contributed by atoms with Crippen LogP contribution in [0.3, 0.4) is 0 Å². The summed E-state index contributed by atoms with van der Waals surface area (Å²) in [6.45, 7) is 3.62. The molecular weight excluding hydrogens is 471 g/mol. The first-order valence-electron chi connectivity index (χ1n) is 10.7. The van der Waals surface area contributed by atoms with E-state index < -0.39 is 0 Å². The molecule has 4 aromatic carbocycles. The van der Waals surface area contributed by atoms with Crippen LogP contribution in [0.25, 0.3) is 10.8 Å². The van der Waals surface area contributed by atoms with Crippen LogP contribution in [0.2, 0.25) is 10.0 Å². The predicted octanol–water partition coefficient (Wildman–Crippen LogP) is 7.29. The normalized spacial score (nSPS) is 10.8. The Kier molecular flexibility index (Phi) is 7.20. The molecule has 4 nitrogen and oxygen atoms in total. The highest BCUT2D eigenvalue weighted by molar-refractivity contribution is 6.31. The minimum Gasteiger partial charge on any atom is -0.485 e. The van der Waals surface area contributed by atoms with Crippen LogP contribution in [0.5, 0.6) is 11.5 Å². The lowest BCUT2D eigenvalue weighted by molar-refractivity contribution is 0.0914. The number of hydrogen-bond acceptors (Lipinski definition) is 4. The average molecular weight is 493 g/mol. The standard InChI is InChI=1S/C28H22Cl2O4/c1-17-3-13-24-23(27(17)33-15-25(31)19-5-9-21(29)10-6-19)14-4-18(2)28(24)34-16-26(32)20-7-11-22(30)12-8-20/h3-14H,15-16H2,1-2H3. The van der Waals surface area contributed by atoms with Crippen molar-refractivity contribution in [3.63, 3.8) is 0 Å². The Morgan fingerprint density at radius 1 is 0.588 bits per heavy atom. The minimum absolute atomic E-state index is 0.110. The number of ether oxygens (including phenoxy) is 2. The molecule has 0 aromatic heterocycles. The van der Waals surface area contributed by atoms with Gasteiger partial charge in [0.2, 0.25) is 0 Å². The number of aryl methyl sites for hydroxylation is 2. The second-order valence-corrected chi connectivity index (χ2v) is 8.83. The Morgan fingerprint density at radius 2 is 0.941 bits per heavy atom. The van der Waals surface area contributed by atoms with Gasteiger partial charge < -0.3 is 9.47 Å². The van der Waals surface area contributed by atoms with E-state index in [1.807, 2.05) is 38.1 Å².